The summed E-state index contributed by atoms with van der Waals surface area (Å²) >= 11 is 6.36. The number of methoxy groups -OCH3 is 1. The summed E-state index contributed by atoms with van der Waals surface area (Å²) < 4.78 is 50.5. The molecule has 2 N–H and O–H groups in total. The summed E-state index contributed by atoms with van der Waals surface area (Å²) in [6.45, 7) is 5.51. The third kappa shape index (κ3) is 7.10. The van der Waals surface area contributed by atoms with E-state index in [4.69, 9.17) is 20.9 Å². The predicted octanol–water partition coefficient (Wildman–Crippen LogP) is 5.24. The van der Waals surface area contributed by atoms with Crippen LogP contribution in [0.3, 0.4) is 0 Å². The van der Waals surface area contributed by atoms with Crippen molar-refractivity contribution in [3.63, 3.8) is 0 Å². The third-order valence-electron chi connectivity index (χ3n) is 5.40. The van der Waals surface area contributed by atoms with Crippen LogP contribution in [0.2, 0.25) is 5.02 Å². The molecule has 0 amide bonds. The van der Waals surface area contributed by atoms with Gasteiger partial charge in [0, 0.05) is 19.2 Å². The molecule has 0 unspecified atom stereocenters. The van der Waals surface area contributed by atoms with Gasteiger partial charge < -0.3 is 29.0 Å². The van der Waals surface area contributed by atoms with E-state index < -0.39 is 18.7 Å². The van der Waals surface area contributed by atoms with Crippen molar-refractivity contribution in [3.8, 4) is 17.2 Å². The Kier molecular flexibility index (Phi) is 8.23. The molecule has 2 heterocycles. The maximum atomic E-state index is 13.0. The lowest BCUT2D eigenvalue weighted by molar-refractivity contribution is 0.312. The van der Waals surface area contributed by atoms with Gasteiger partial charge in [-0.25, -0.2) is 4.98 Å². The highest BCUT2D eigenvalue weighted by molar-refractivity contribution is 7.81. The van der Waals surface area contributed by atoms with Crippen molar-refractivity contribution in [1.82, 2.24) is 14.9 Å². The fraction of sp³-hybridized carbons (Fsp3) is 0.304. The minimum Gasteiger partial charge on any atom is -0.495 e. The van der Waals surface area contributed by atoms with Crippen LogP contribution in [0.5, 0.6) is 17.2 Å². The molecule has 0 saturated carbocycles. The molecular formula is C23H26ClFN5O5PS. The molecule has 10 nitrogen and oxygen atoms in total. The van der Waals surface area contributed by atoms with Gasteiger partial charge in [-0.3, -0.25) is 0 Å². The smallest absolute Gasteiger partial charge is 0.488 e. The summed E-state index contributed by atoms with van der Waals surface area (Å²) in [6, 6.07) is 8.08. The number of hydrogen-bond acceptors (Lipinski definition) is 10. The van der Waals surface area contributed by atoms with E-state index in [2.05, 4.69) is 36.7 Å². The second-order valence-corrected chi connectivity index (χ2v) is 11.7. The van der Waals surface area contributed by atoms with Crippen molar-refractivity contribution in [2.24, 2.45) is 0 Å². The first-order valence-electron chi connectivity index (χ1n) is 11.1. The molecule has 1 aliphatic heterocycles. The number of aromatic nitrogens is 2. The molecule has 0 atom stereocenters. The molecule has 1 aromatic heterocycles. The zero-order valence-electron chi connectivity index (χ0n) is 20.6. The van der Waals surface area contributed by atoms with Crippen molar-refractivity contribution < 1.29 is 25.7 Å². The monoisotopic (exact) mass is 569 g/mol. The van der Waals surface area contributed by atoms with Crippen molar-refractivity contribution in [2.45, 2.75) is 13.0 Å². The Morgan fingerprint density at radius 2 is 1.89 bits per heavy atom. The molecule has 2 aromatic carbocycles. The van der Waals surface area contributed by atoms with E-state index in [1.165, 1.54) is 35.5 Å². The average Bonchev–Trinajstić information content (AvgIpc) is 2.81. The molecule has 0 saturated heterocycles. The van der Waals surface area contributed by atoms with Crippen LogP contribution in [0, 0.1) is 0 Å². The number of nitrogens with one attached hydrogen (secondary N) is 2. The van der Waals surface area contributed by atoms with Crippen molar-refractivity contribution in [2.75, 3.05) is 44.7 Å². The molecule has 198 valence electrons. The van der Waals surface area contributed by atoms with Crippen molar-refractivity contribution in [3.05, 3.63) is 52.7 Å². The SMILES string of the molecule is COc1cc2c(cc1Nc1ncc(Cl)c(Nc3ccc(OS(=O)(=O)F)cc3OP(C)C)n1)CN(C)CC2. The summed E-state index contributed by atoms with van der Waals surface area (Å²) in [7, 11) is -2.41. The van der Waals surface area contributed by atoms with Crippen LogP contribution in [0.1, 0.15) is 11.1 Å². The normalized spacial score (nSPS) is 13.7. The zero-order chi connectivity index (χ0) is 26.7. The number of hydrogen-bond donors (Lipinski definition) is 2. The Bertz CT molecular complexity index is 1410. The van der Waals surface area contributed by atoms with Gasteiger partial charge in [0.2, 0.25) is 5.95 Å². The van der Waals surface area contributed by atoms with Crippen LogP contribution in [-0.4, -0.2) is 57.3 Å². The Hall–Kier alpha value is -2.92. The molecule has 4 rings (SSSR count). The van der Waals surface area contributed by atoms with Crippen LogP contribution in [-0.2, 0) is 23.5 Å². The minimum atomic E-state index is -5.18. The Labute approximate surface area is 221 Å². The Morgan fingerprint density at radius 3 is 2.59 bits per heavy atom. The van der Waals surface area contributed by atoms with E-state index in [0.717, 1.165) is 19.5 Å². The quantitative estimate of drug-likeness (QED) is 0.262. The highest BCUT2D eigenvalue weighted by atomic mass is 35.5. The summed E-state index contributed by atoms with van der Waals surface area (Å²) in [5.41, 5.74) is 3.57. The molecule has 0 bridgehead atoms. The Morgan fingerprint density at radius 1 is 1.11 bits per heavy atom. The Balaban J connectivity index is 1.62. The summed E-state index contributed by atoms with van der Waals surface area (Å²) in [4.78, 5) is 11.0. The first-order chi connectivity index (χ1) is 17.5. The second-order valence-electron chi connectivity index (χ2n) is 8.49. The maximum Gasteiger partial charge on any atom is 0.488 e. The first-order valence-corrected chi connectivity index (χ1v) is 14.9. The van der Waals surface area contributed by atoms with Crippen LogP contribution >= 0.6 is 19.7 Å². The molecule has 0 radical (unpaired) electrons. The molecule has 1 aliphatic rings. The third-order valence-corrected chi connectivity index (χ3v) is 6.63. The number of fused-ring (bicyclic) bond motifs is 1. The van der Waals surface area contributed by atoms with Gasteiger partial charge in [-0.2, -0.15) is 13.4 Å². The lowest BCUT2D eigenvalue weighted by atomic mass is 9.99. The fourth-order valence-electron chi connectivity index (χ4n) is 3.80. The van der Waals surface area contributed by atoms with E-state index in [9.17, 15) is 12.3 Å². The van der Waals surface area contributed by atoms with Gasteiger partial charge in [0.1, 0.15) is 22.3 Å². The number of rotatable bonds is 9. The standard InChI is InChI=1S/C23H26ClFN5O5PS/c1-30-8-7-14-10-20(33-2)19(9-15(14)13-30)28-23-26-12-17(24)22(29-23)27-18-6-5-16(35-37(25,31)32)11-21(18)34-36(3)4/h5-6,9-12H,7-8,13H2,1-4H3,(H2,26,27,28,29). The van der Waals surface area contributed by atoms with Gasteiger partial charge in [0.15, 0.2) is 5.82 Å². The predicted molar refractivity (Wildman–Crippen MR) is 143 cm³/mol. The van der Waals surface area contributed by atoms with E-state index in [-0.39, 0.29) is 28.3 Å². The summed E-state index contributed by atoms with van der Waals surface area (Å²) in [6.07, 6.45) is 2.38. The number of ether oxygens (including phenoxy) is 1. The van der Waals surface area contributed by atoms with Crippen LogP contribution < -0.4 is 24.1 Å². The number of benzene rings is 2. The fourth-order valence-corrected chi connectivity index (χ4v) is 4.82. The van der Waals surface area contributed by atoms with Crippen LogP contribution in [0.4, 0.5) is 27.0 Å². The number of halogens is 2. The molecule has 14 heteroatoms. The topological polar surface area (TPSA) is 115 Å². The van der Waals surface area contributed by atoms with Gasteiger partial charge in [0.05, 0.1) is 32.8 Å². The van der Waals surface area contributed by atoms with Gasteiger partial charge >= 0.3 is 10.5 Å². The van der Waals surface area contributed by atoms with Gasteiger partial charge in [-0.15, -0.1) is 0 Å². The van der Waals surface area contributed by atoms with E-state index in [1.54, 1.807) is 7.11 Å². The highest BCUT2D eigenvalue weighted by Crippen LogP contribution is 2.40. The maximum absolute atomic E-state index is 13.0. The van der Waals surface area contributed by atoms with Gasteiger partial charge in [-0.1, -0.05) is 15.5 Å². The average molecular weight is 570 g/mol. The van der Waals surface area contributed by atoms with E-state index in [1.807, 2.05) is 25.5 Å². The van der Waals surface area contributed by atoms with Crippen LogP contribution in [0.25, 0.3) is 0 Å². The number of likely N-dealkylation sites (N-methyl/N-ethyl adjacent to an activating group) is 1. The molecule has 0 aliphatic carbocycles. The molecule has 0 fully saturated rings. The first kappa shape index (κ1) is 27.1. The summed E-state index contributed by atoms with van der Waals surface area (Å²) in [5.74, 6) is 1.21. The van der Waals surface area contributed by atoms with E-state index in [0.29, 0.717) is 17.1 Å². The van der Waals surface area contributed by atoms with Gasteiger partial charge in [0.25, 0.3) is 0 Å². The van der Waals surface area contributed by atoms with Crippen molar-refractivity contribution in [1.29, 1.82) is 0 Å². The molecule has 0 spiro atoms. The minimum absolute atomic E-state index is 0.234. The lowest BCUT2D eigenvalue weighted by Crippen LogP contribution is -2.26. The zero-order valence-corrected chi connectivity index (χ0v) is 23.0. The largest absolute Gasteiger partial charge is 0.495 e. The summed E-state index contributed by atoms with van der Waals surface area (Å²) in [5, 5.41) is 6.51. The highest BCUT2D eigenvalue weighted by Gasteiger charge is 2.19. The number of nitrogens with zero attached hydrogens (tertiary/aromatic N) is 3. The lowest BCUT2D eigenvalue weighted by Gasteiger charge is -2.26. The van der Waals surface area contributed by atoms with Gasteiger partial charge in [-0.05, 0) is 62.2 Å². The van der Waals surface area contributed by atoms with Crippen molar-refractivity contribution >= 4 is 53.4 Å². The van der Waals surface area contributed by atoms with Crippen LogP contribution in [0.15, 0.2) is 36.5 Å². The second kappa shape index (κ2) is 11.2. The number of anilines is 4. The molecular weight excluding hydrogens is 544 g/mol. The van der Waals surface area contributed by atoms with E-state index >= 15 is 0 Å². The molecule has 3 aromatic rings. The molecule has 37 heavy (non-hydrogen) atoms.